The zero-order valence-electron chi connectivity index (χ0n) is 7.66. The van der Waals surface area contributed by atoms with Gasteiger partial charge < -0.3 is 0 Å². The number of carbonyl (C=O) groups excluding carboxylic acids is 1. The summed E-state index contributed by atoms with van der Waals surface area (Å²) >= 11 is 5.52. The molecule has 13 heavy (non-hydrogen) atoms. The van der Waals surface area contributed by atoms with Gasteiger partial charge >= 0.3 is 0 Å². The van der Waals surface area contributed by atoms with Crippen molar-refractivity contribution in [3.63, 3.8) is 0 Å². The Kier molecular flexibility index (Phi) is 3.97. The van der Waals surface area contributed by atoms with Crippen molar-refractivity contribution in [3.05, 3.63) is 35.9 Å². The lowest BCUT2D eigenvalue weighted by atomic mass is 9.96. The van der Waals surface area contributed by atoms with Gasteiger partial charge in [-0.3, -0.25) is 4.79 Å². The summed E-state index contributed by atoms with van der Waals surface area (Å²) in [5.74, 6) is -0.132. The van der Waals surface area contributed by atoms with E-state index in [0.29, 0.717) is 0 Å². The highest BCUT2D eigenvalue weighted by Crippen LogP contribution is 2.23. The molecule has 0 fully saturated rings. The molecule has 0 spiro atoms. The van der Waals surface area contributed by atoms with Gasteiger partial charge in [0.25, 0.3) is 0 Å². The lowest BCUT2D eigenvalue weighted by Gasteiger charge is -2.10. The SMILES string of the molecule is CCCC(C(=O)Cl)c1ccccc1. The monoisotopic (exact) mass is 196 g/mol. The molecule has 0 aliphatic carbocycles. The Morgan fingerprint density at radius 3 is 2.46 bits per heavy atom. The molecule has 2 heteroatoms. The smallest absolute Gasteiger partial charge is 0.229 e. The molecular weight excluding hydrogens is 184 g/mol. The summed E-state index contributed by atoms with van der Waals surface area (Å²) in [6.45, 7) is 2.05. The van der Waals surface area contributed by atoms with Crippen LogP contribution < -0.4 is 0 Å². The predicted molar refractivity (Wildman–Crippen MR) is 55.0 cm³/mol. The highest BCUT2D eigenvalue weighted by atomic mass is 35.5. The van der Waals surface area contributed by atoms with Crippen LogP contribution in [0.25, 0.3) is 0 Å². The minimum absolute atomic E-state index is 0.132. The van der Waals surface area contributed by atoms with Crippen molar-refractivity contribution in [1.29, 1.82) is 0 Å². The zero-order valence-corrected chi connectivity index (χ0v) is 8.42. The van der Waals surface area contributed by atoms with E-state index >= 15 is 0 Å². The Morgan fingerprint density at radius 2 is 2.00 bits per heavy atom. The maximum atomic E-state index is 11.1. The summed E-state index contributed by atoms with van der Waals surface area (Å²) in [6.07, 6.45) is 1.80. The molecule has 0 aliphatic heterocycles. The molecule has 0 aromatic heterocycles. The second-order valence-electron chi connectivity index (χ2n) is 3.06. The maximum Gasteiger partial charge on any atom is 0.229 e. The van der Waals surface area contributed by atoms with Gasteiger partial charge in [0, 0.05) is 0 Å². The third-order valence-corrected chi connectivity index (χ3v) is 2.32. The number of carbonyl (C=O) groups is 1. The van der Waals surface area contributed by atoms with Crippen molar-refractivity contribution >= 4 is 16.8 Å². The lowest BCUT2D eigenvalue weighted by Crippen LogP contribution is -2.05. The van der Waals surface area contributed by atoms with Gasteiger partial charge in [-0.25, -0.2) is 0 Å². The topological polar surface area (TPSA) is 17.1 Å². The van der Waals surface area contributed by atoms with E-state index < -0.39 is 0 Å². The van der Waals surface area contributed by atoms with Gasteiger partial charge in [0.05, 0.1) is 5.92 Å². The van der Waals surface area contributed by atoms with E-state index in [1.54, 1.807) is 0 Å². The van der Waals surface area contributed by atoms with Crippen LogP contribution in [0.2, 0.25) is 0 Å². The maximum absolute atomic E-state index is 11.1. The summed E-state index contributed by atoms with van der Waals surface area (Å²) in [7, 11) is 0. The Labute approximate surface area is 83.7 Å². The van der Waals surface area contributed by atoms with E-state index in [2.05, 4.69) is 6.92 Å². The number of hydrogen-bond donors (Lipinski definition) is 0. The number of benzene rings is 1. The number of hydrogen-bond acceptors (Lipinski definition) is 1. The Bertz CT molecular complexity index is 269. The molecule has 1 nitrogen and oxygen atoms in total. The molecule has 0 radical (unpaired) electrons. The van der Waals surface area contributed by atoms with Gasteiger partial charge in [0.2, 0.25) is 5.24 Å². The minimum atomic E-state index is -0.256. The summed E-state index contributed by atoms with van der Waals surface area (Å²) in [5.41, 5.74) is 1.02. The number of rotatable bonds is 4. The third kappa shape index (κ3) is 2.85. The fourth-order valence-corrected chi connectivity index (χ4v) is 1.62. The number of halogens is 1. The molecule has 1 atom stereocenters. The Hall–Kier alpha value is -0.820. The second kappa shape index (κ2) is 5.03. The first kappa shape index (κ1) is 10.3. The Balaban J connectivity index is 2.82. The minimum Gasteiger partial charge on any atom is -0.281 e. The standard InChI is InChI=1S/C11H13ClO/c1-2-6-10(11(12)13)9-7-4-3-5-8-9/h3-5,7-8,10H,2,6H2,1H3. The van der Waals surface area contributed by atoms with Crippen molar-refractivity contribution in [3.8, 4) is 0 Å². The molecule has 1 aromatic carbocycles. The summed E-state index contributed by atoms with van der Waals surface area (Å²) in [5, 5.41) is -0.256. The fourth-order valence-electron chi connectivity index (χ4n) is 1.39. The first-order valence-electron chi connectivity index (χ1n) is 4.50. The quantitative estimate of drug-likeness (QED) is 0.676. The molecule has 0 heterocycles. The van der Waals surface area contributed by atoms with Crippen LogP contribution >= 0.6 is 11.6 Å². The van der Waals surface area contributed by atoms with Crippen LogP contribution in [-0.2, 0) is 4.79 Å². The highest BCUT2D eigenvalue weighted by Gasteiger charge is 2.16. The van der Waals surface area contributed by atoms with E-state index in [4.69, 9.17) is 11.6 Å². The average Bonchev–Trinajstić information content (AvgIpc) is 2.15. The van der Waals surface area contributed by atoms with Crippen LogP contribution in [0.15, 0.2) is 30.3 Å². The molecule has 0 bridgehead atoms. The van der Waals surface area contributed by atoms with E-state index in [1.165, 1.54) is 0 Å². The van der Waals surface area contributed by atoms with Gasteiger partial charge in [0.15, 0.2) is 0 Å². The van der Waals surface area contributed by atoms with Crippen LogP contribution in [0.1, 0.15) is 31.2 Å². The summed E-state index contributed by atoms with van der Waals surface area (Å²) in [6, 6.07) is 9.68. The first-order valence-corrected chi connectivity index (χ1v) is 4.87. The van der Waals surface area contributed by atoms with Crippen LogP contribution in [-0.4, -0.2) is 5.24 Å². The summed E-state index contributed by atoms with van der Waals surface area (Å²) < 4.78 is 0. The molecule has 0 amide bonds. The van der Waals surface area contributed by atoms with Crippen molar-refractivity contribution in [2.75, 3.05) is 0 Å². The molecule has 1 aromatic rings. The van der Waals surface area contributed by atoms with Crippen LogP contribution in [0, 0.1) is 0 Å². The van der Waals surface area contributed by atoms with Gasteiger partial charge in [0.1, 0.15) is 0 Å². The molecule has 1 rings (SSSR count). The van der Waals surface area contributed by atoms with Crippen LogP contribution in [0.3, 0.4) is 0 Å². The fraction of sp³-hybridized carbons (Fsp3) is 0.364. The second-order valence-corrected chi connectivity index (χ2v) is 3.43. The lowest BCUT2D eigenvalue weighted by molar-refractivity contribution is -0.113. The summed E-state index contributed by atoms with van der Waals surface area (Å²) in [4.78, 5) is 11.1. The normalized spacial score (nSPS) is 12.5. The van der Waals surface area contributed by atoms with Crippen molar-refractivity contribution < 1.29 is 4.79 Å². The highest BCUT2D eigenvalue weighted by molar-refractivity contribution is 6.64. The average molecular weight is 197 g/mol. The van der Waals surface area contributed by atoms with Gasteiger partial charge in [-0.15, -0.1) is 0 Å². The largest absolute Gasteiger partial charge is 0.281 e. The van der Waals surface area contributed by atoms with Crippen molar-refractivity contribution in [2.45, 2.75) is 25.7 Å². The van der Waals surface area contributed by atoms with Gasteiger partial charge in [-0.05, 0) is 23.6 Å². The predicted octanol–water partition coefficient (Wildman–Crippen LogP) is 3.34. The Morgan fingerprint density at radius 1 is 1.38 bits per heavy atom. The van der Waals surface area contributed by atoms with Crippen molar-refractivity contribution in [1.82, 2.24) is 0 Å². The van der Waals surface area contributed by atoms with Gasteiger partial charge in [-0.2, -0.15) is 0 Å². The van der Waals surface area contributed by atoms with Gasteiger partial charge in [-0.1, -0.05) is 43.7 Å². The molecule has 0 saturated carbocycles. The molecule has 0 N–H and O–H groups in total. The van der Waals surface area contributed by atoms with Crippen LogP contribution in [0.4, 0.5) is 0 Å². The first-order chi connectivity index (χ1) is 6.25. The molecule has 70 valence electrons. The van der Waals surface area contributed by atoms with E-state index in [-0.39, 0.29) is 11.2 Å². The van der Waals surface area contributed by atoms with E-state index in [1.807, 2.05) is 30.3 Å². The van der Waals surface area contributed by atoms with Crippen molar-refractivity contribution in [2.24, 2.45) is 0 Å². The zero-order chi connectivity index (χ0) is 9.68. The third-order valence-electron chi connectivity index (χ3n) is 2.05. The molecular formula is C11H13ClO. The molecule has 0 aliphatic rings. The van der Waals surface area contributed by atoms with E-state index in [0.717, 1.165) is 18.4 Å². The molecule has 0 saturated heterocycles. The van der Waals surface area contributed by atoms with E-state index in [9.17, 15) is 4.79 Å². The van der Waals surface area contributed by atoms with Crippen LogP contribution in [0.5, 0.6) is 0 Å². The molecule has 1 unspecified atom stereocenters.